The third-order valence-corrected chi connectivity index (χ3v) is 3.49. The smallest absolute Gasteiger partial charge is 0.196 e. The van der Waals surface area contributed by atoms with Crippen LogP contribution in [0.2, 0.25) is 5.02 Å². The van der Waals surface area contributed by atoms with Gasteiger partial charge in [0.05, 0.1) is 10.6 Å². The number of carbonyl (C=O) groups is 1. The largest absolute Gasteiger partial charge is 0.506 e. The summed E-state index contributed by atoms with van der Waals surface area (Å²) in [5.74, 6) is -0.867. The van der Waals surface area contributed by atoms with Crippen LogP contribution in [0, 0.1) is 5.82 Å². The number of para-hydroxylation sites is 1. The van der Waals surface area contributed by atoms with Crippen LogP contribution >= 0.6 is 11.6 Å². The molecule has 3 nitrogen and oxygen atoms in total. The number of hydrogen-bond acceptors (Lipinski definition) is 3. The van der Waals surface area contributed by atoms with Gasteiger partial charge in [-0.15, -0.1) is 0 Å². The number of ketones is 1. The maximum Gasteiger partial charge on any atom is 0.196 e. The molecule has 0 amide bonds. The molecule has 1 aliphatic heterocycles. The predicted molar refractivity (Wildman–Crippen MR) is 77.3 cm³/mol. The molecular formula is C16H10ClFO3. The van der Waals surface area contributed by atoms with Gasteiger partial charge in [0.15, 0.2) is 17.3 Å². The number of halogens is 2. The fourth-order valence-electron chi connectivity index (χ4n) is 2.14. The van der Waals surface area contributed by atoms with Gasteiger partial charge in [-0.2, -0.15) is 0 Å². The molecule has 1 N–H and O–H groups in total. The van der Waals surface area contributed by atoms with Crippen LogP contribution in [0.5, 0.6) is 11.5 Å². The van der Waals surface area contributed by atoms with Gasteiger partial charge in [-0.1, -0.05) is 23.7 Å². The van der Waals surface area contributed by atoms with Crippen molar-refractivity contribution in [2.45, 2.75) is 0 Å². The molecule has 3 rings (SSSR count). The molecule has 0 fully saturated rings. The number of benzene rings is 2. The van der Waals surface area contributed by atoms with Crippen molar-refractivity contribution >= 4 is 23.5 Å². The van der Waals surface area contributed by atoms with E-state index in [-0.39, 0.29) is 34.5 Å². The van der Waals surface area contributed by atoms with Crippen molar-refractivity contribution in [2.24, 2.45) is 0 Å². The Morgan fingerprint density at radius 3 is 2.86 bits per heavy atom. The second kappa shape index (κ2) is 5.22. The Labute approximate surface area is 125 Å². The van der Waals surface area contributed by atoms with E-state index in [1.807, 2.05) is 0 Å². The first-order valence-corrected chi connectivity index (χ1v) is 6.59. The summed E-state index contributed by atoms with van der Waals surface area (Å²) in [4.78, 5) is 12.3. The van der Waals surface area contributed by atoms with Crippen molar-refractivity contribution in [1.82, 2.24) is 0 Å². The first-order chi connectivity index (χ1) is 10.1. The van der Waals surface area contributed by atoms with Crippen molar-refractivity contribution in [3.05, 3.63) is 63.9 Å². The Balaban J connectivity index is 1.99. The maximum atomic E-state index is 13.6. The van der Waals surface area contributed by atoms with Gasteiger partial charge >= 0.3 is 0 Å². The number of fused-ring (bicyclic) bond motifs is 1. The van der Waals surface area contributed by atoms with E-state index in [1.165, 1.54) is 30.3 Å². The minimum atomic E-state index is -0.549. The van der Waals surface area contributed by atoms with Crippen molar-refractivity contribution < 1.29 is 19.0 Å². The number of carbonyl (C=O) groups excluding carboxylic acids is 1. The van der Waals surface area contributed by atoms with Crippen LogP contribution in [0.25, 0.3) is 6.08 Å². The molecule has 2 aromatic carbocycles. The summed E-state index contributed by atoms with van der Waals surface area (Å²) in [6.45, 7) is -0.00867. The lowest BCUT2D eigenvalue weighted by Gasteiger charge is -2.19. The highest BCUT2D eigenvalue weighted by Gasteiger charge is 2.25. The second-order valence-corrected chi connectivity index (χ2v) is 5.02. The second-order valence-electron chi connectivity index (χ2n) is 4.61. The predicted octanol–water partition coefficient (Wildman–Crippen LogP) is 3.84. The van der Waals surface area contributed by atoms with E-state index in [2.05, 4.69) is 0 Å². The zero-order valence-electron chi connectivity index (χ0n) is 10.8. The number of rotatable bonds is 1. The monoisotopic (exact) mass is 304 g/mol. The van der Waals surface area contributed by atoms with Crippen LogP contribution < -0.4 is 4.74 Å². The highest BCUT2D eigenvalue weighted by Crippen LogP contribution is 2.31. The van der Waals surface area contributed by atoms with Crippen LogP contribution in [0.4, 0.5) is 4.39 Å². The number of ether oxygens (including phenoxy) is 1. The van der Waals surface area contributed by atoms with Crippen LogP contribution in [-0.4, -0.2) is 17.5 Å². The fraction of sp³-hybridized carbons (Fsp3) is 0.0625. The third-order valence-electron chi connectivity index (χ3n) is 3.19. The van der Waals surface area contributed by atoms with E-state index in [9.17, 15) is 14.3 Å². The molecule has 106 valence electrons. The Kier molecular flexibility index (Phi) is 3.39. The number of phenols is 1. The number of Topliss-reactive ketones (excluding diaryl/α,β-unsaturated/α-hetero) is 1. The molecule has 0 radical (unpaired) electrons. The van der Waals surface area contributed by atoms with Gasteiger partial charge in [0.25, 0.3) is 0 Å². The van der Waals surface area contributed by atoms with Crippen LogP contribution in [-0.2, 0) is 0 Å². The average Bonchev–Trinajstić information content (AvgIpc) is 2.46. The number of aromatic hydroxyl groups is 1. The summed E-state index contributed by atoms with van der Waals surface area (Å²) < 4.78 is 18.9. The molecular weight excluding hydrogens is 295 g/mol. The minimum Gasteiger partial charge on any atom is -0.506 e. The first kappa shape index (κ1) is 13.6. The lowest BCUT2D eigenvalue weighted by atomic mass is 9.98. The van der Waals surface area contributed by atoms with Crippen molar-refractivity contribution in [2.75, 3.05) is 6.61 Å². The maximum absolute atomic E-state index is 13.6. The van der Waals surface area contributed by atoms with Crippen LogP contribution in [0.1, 0.15) is 15.9 Å². The SMILES string of the molecule is O=C1/C(=C/c2ccc(O)c(Cl)c2)COc2c(F)cccc21. The van der Waals surface area contributed by atoms with E-state index in [0.717, 1.165) is 0 Å². The molecule has 0 aliphatic carbocycles. The Hall–Kier alpha value is -2.33. The summed E-state index contributed by atoms with van der Waals surface area (Å²) >= 11 is 5.82. The normalized spacial score (nSPS) is 15.7. The molecule has 1 heterocycles. The molecule has 0 unspecified atom stereocenters. The lowest BCUT2D eigenvalue weighted by molar-refractivity contribution is 0.0998. The fourth-order valence-corrected chi connectivity index (χ4v) is 2.33. The van der Waals surface area contributed by atoms with Gasteiger partial charge < -0.3 is 9.84 Å². The van der Waals surface area contributed by atoms with E-state index in [1.54, 1.807) is 12.1 Å². The van der Waals surface area contributed by atoms with Gasteiger partial charge in [0.1, 0.15) is 12.4 Å². The van der Waals surface area contributed by atoms with Crippen molar-refractivity contribution in [3.63, 3.8) is 0 Å². The summed E-state index contributed by atoms with van der Waals surface area (Å²) in [5.41, 5.74) is 1.26. The molecule has 0 saturated heterocycles. The molecule has 21 heavy (non-hydrogen) atoms. The van der Waals surface area contributed by atoms with E-state index >= 15 is 0 Å². The molecule has 5 heteroatoms. The molecule has 0 bridgehead atoms. The summed E-state index contributed by atoms with van der Waals surface area (Å²) in [6, 6.07) is 8.85. The Morgan fingerprint density at radius 2 is 2.10 bits per heavy atom. The summed E-state index contributed by atoms with van der Waals surface area (Å²) in [5, 5.41) is 9.57. The third kappa shape index (κ3) is 2.50. The Bertz CT molecular complexity index is 768. The van der Waals surface area contributed by atoms with E-state index in [0.29, 0.717) is 11.1 Å². The van der Waals surface area contributed by atoms with Crippen LogP contribution in [0.3, 0.4) is 0 Å². The molecule has 0 aromatic heterocycles. The molecule has 0 spiro atoms. The standard InChI is InChI=1S/C16H10ClFO3/c17-12-7-9(4-5-14(12)19)6-10-8-21-16-11(15(10)20)2-1-3-13(16)18/h1-7,19H,8H2/b10-6+. The molecule has 0 saturated carbocycles. The van der Waals surface area contributed by atoms with Crippen molar-refractivity contribution in [3.8, 4) is 11.5 Å². The van der Waals surface area contributed by atoms with Crippen LogP contribution in [0.15, 0.2) is 42.0 Å². The van der Waals surface area contributed by atoms with Gasteiger partial charge in [0, 0.05) is 5.57 Å². The molecule has 0 atom stereocenters. The average molecular weight is 305 g/mol. The number of phenolic OH excluding ortho intramolecular Hbond substituents is 1. The molecule has 2 aromatic rings. The zero-order valence-corrected chi connectivity index (χ0v) is 11.5. The van der Waals surface area contributed by atoms with Gasteiger partial charge in [0.2, 0.25) is 0 Å². The minimum absolute atomic E-state index is 0.00867. The number of hydrogen-bond donors (Lipinski definition) is 1. The Morgan fingerprint density at radius 1 is 1.29 bits per heavy atom. The van der Waals surface area contributed by atoms with Gasteiger partial charge in [-0.25, -0.2) is 4.39 Å². The highest BCUT2D eigenvalue weighted by molar-refractivity contribution is 6.32. The van der Waals surface area contributed by atoms with Gasteiger partial charge in [-0.3, -0.25) is 4.79 Å². The zero-order chi connectivity index (χ0) is 15.0. The summed E-state index contributed by atoms with van der Waals surface area (Å²) in [7, 11) is 0. The molecule has 1 aliphatic rings. The van der Waals surface area contributed by atoms with Gasteiger partial charge in [-0.05, 0) is 35.9 Å². The van der Waals surface area contributed by atoms with E-state index in [4.69, 9.17) is 16.3 Å². The quantitative estimate of drug-likeness (QED) is 0.814. The first-order valence-electron chi connectivity index (χ1n) is 6.21. The summed E-state index contributed by atoms with van der Waals surface area (Å²) in [6.07, 6.45) is 1.61. The highest BCUT2D eigenvalue weighted by atomic mass is 35.5. The van der Waals surface area contributed by atoms with E-state index < -0.39 is 5.82 Å². The topological polar surface area (TPSA) is 46.5 Å². The lowest BCUT2D eigenvalue weighted by Crippen LogP contribution is -2.19. The van der Waals surface area contributed by atoms with Crippen molar-refractivity contribution in [1.29, 1.82) is 0 Å².